The van der Waals surface area contributed by atoms with Gasteiger partial charge in [0.25, 0.3) is 0 Å². The average molecular weight is 839 g/mol. The third-order valence-corrected chi connectivity index (χ3v) is 13.8. The van der Waals surface area contributed by atoms with Gasteiger partial charge < -0.3 is 10.2 Å². The summed E-state index contributed by atoms with van der Waals surface area (Å²) in [5, 5.41) is 8.53. The number of rotatable bonds is 11. The molecule has 0 radical (unpaired) electrons. The van der Waals surface area contributed by atoms with Gasteiger partial charge in [-0.3, -0.25) is 0 Å². The number of anilines is 2. The van der Waals surface area contributed by atoms with Crippen molar-refractivity contribution in [2.24, 2.45) is 5.92 Å². The Hall–Kier alpha value is -3.65. The summed E-state index contributed by atoms with van der Waals surface area (Å²) in [6, 6.07) is 30.8. The van der Waals surface area contributed by atoms with Crippen LogP contribution in [0.25, 0.3) is 21.5 Å². The summed E-state index contributed by atoms with van der Waals surface area (Å²) in [5.41, 5.74) is 7.02. The molecule has 1 N–H and O–H groups in total. The summed E-state index contributed by atoms with van der Waals surface area (Å²) in [6.45, 7) is 10.6. The van der Waals surface area contributed by atoms with Crippen LogP contribution < -0.4 is 10.2 Å². The number of benzene rings is 5. The van der Waals surface area contributed by atoms with Crippen molar-refractivity contribution in [3.8, 4) is 0 Å². The molecule has 2 aliphatic rings. The second-order valence-corrected chi connectivity index (χ2v) is 18.3. The Bertz CT molecular complexity index is 2360. The summed E-state index contributed by atoms with van der Waals surface area (Å²) in [7, 11) is -3.69. The van der Waals surface area contributed by atoms with Crippen molar-refractivity contribution >= 4 is 74.6 Å². The Kier molecular flexibility index (Phi) is 10.6. The highest BCUT2D eigenvalue weighted by atomic mass is 79.9. The van der Waals surface area contributed by atoms with E-state index in [9.17, 15) is 8.42 Å². The zero-order valence-electron chi connectivity index (χ0n) is 30.3. The number of hydrogen-bond donors (Lipinski definition) is 1. The van der Waals surface area contributed by atoms with Crippen LogP contribution in [-0.2, 0) is 21.7 Å². The fourth-order valence-electron chi connectivity index (χ4n) is 8.38. The third kappa shape index (κ3) is 7.04. The maximum Gasteiger partial charge on any atom is 0.203 e. The first-order valence-electron chi connectivity index (χ1n) is 18.4. The van der Waals surface area contributed by atoms with E-state index < -0.39 is 9.84 Å². The average Bonchev–Trinajstić information content (AvgIpc) is 3.72. The highest BCUT2D eigenvalue weighted by molar-refractivity contribution is 9.10. The smallest absolute Gasteiger partial charge is 0.203 e. The zero-order chi connectivity index (χ0) is 36.6. The molecule has 5 aromatic carbocycles. The van der Waals surface area contributed by atoms with E-state index in [1.54, 1.807) is 12.1 Å². The minimum atomic E-state index is -3.69. The van der Waals surface area contributed by atoms with E-state index >= 15 is 0 Å². The van der Waals surface area contributed by atoms with E-state index in [2.05, 4.69) is 149 Å². The molecule has 268 valence electrons. The Morgan fingerprint density at radius 1 is 0.885 bits per heavy atom. The van der Waals surface area contributed by atoms with Crippen LogP contribution in [0.3, 0.4) is 0 Å². The molecule has 7 rings (SSSR count). The minimum Gasteiger partial charge on any atom is -0.385 e. The molecule has 1 unspecified atom stereocenters. The van der Waals surface area contributed by atoms with E-state index in [1.807, 2.05) is 18.2 Å². The van der Waals surface area contributed by atoms with Crippen LogP contribution in [0.5, 0.6) is 0 Å². The lowest BCUT2D eigenvalue weighted by Gasteiger charge is -2.29. The van der Waals surface area contributed by atoms with Crippen LogP contribution in [0, 0.1) is 5.92 Å². The Morgan fingerprint density at radius 2 is 1.58 bits per heavy atom. The van der Waals surface area contributed by atoms with Crippen LogP contribution in [-0.4, -0.2) is 21.5 Å². The summed E-state index contributed by atoms with van der Waals surface area (Å²) in [5.74, 6) is -0.0858. The van der Waals surface area contributed by atoms with Gasteiger partial charge in [-0.25, -0.2) is 8.42 Å². The number of nitrogens with zero attached hydrogens (tertiary/aromatic N) is 1. The number of sulfone groups is 1. The molecule has 0 saturated carbocycles. The SMILES string of the molecule is CCNc1ccc2cc(Br)ccc2c1C(C)(C)C/C=C/C1=C(S(=O)(=O)c2ccccc2)C(C/C=C2\Cc3c(ccc4cc(Br)ccc34)N2CC)CC1. The molecule has 4 nitrogen and oxygen atoms in total. The van der Waals surface area contributed by atoms with Crippen molar-refractivity contribution in [3.63, 3.8) is 0 Å². The quantitative estimate of drug-likeness (QED) is 0.144. The summed E-state index contributed by atoms with van der Waals surface area (Å²) in [4.78, 5) is 3.35. The largest absolute Gasteiger partial charge is 0.385 e. The molecule has 7 heteroatoms. The molecule has 0 saturated heterocycles. The zero-order valence-corrected chi connectivity index (χ0v) is 34.3. The standard InChI is InChI=1S/C45H46Br2N2O2S/c1-5-48-41-24-17-33-28-35(47)20-23-39(33)43(41)45(3,4)26-10-11-30-14-15-31(44(30)52(50,51)37-12-8-7-9-13-37)16-21-36-29-40-38-22-19-34(46)27-32(38)18-25-42(40)49(36)6-2/h7-13,17-25,27-28,31,48H,5-6,14-16,26,29H2,1-4H3/b11-10+,36-21+. The van der Waals surface area contributed by atoms with Crippen LogP contribution in [0.15, 0.2) is 139 Å². The van der Waals surface area contributed by atoms with Crippen molar-refractivity contribution in [1.29, 1.82) is 0 Å². The van der Waals surface area contributed by atoms with Crippen molar-refractivity contribution < 1.29 is 8.42 Å². The number of nitrogens with one attached hydrogen (secondary N) is 1. The molecule has 5 aromatic rings. The van der Waals surface area contributed by atoms with Crippen molar-refractivity contribution in [1.82, 2.24) is 0 Å². The highest BCUT2D eigenvalue weighted by Crippen LogP contribution is 2.45. The fraction of sp³-hybridized carbons (Fsp3) is 0.289. The topological polar surface area (TPSA) is 49.4 Å². The molecule has 1 aliphatic carbocycles. The van der Waals surface area contributed by atoms with Crippen LogP contribution in [0.2, 0.25) is 0 Å². The van der Waals surface area contributed by atoms with Gasteiger partial charge in [0.1, 0.15) is 0 Å². The van der Waals surface area contributed by atoms with Gasteiger partial charge in [-0.15, -0.1) is 0 Å². The lowest BCUT2D eigenvalue weighted by molar-refractivity contribution is 0.540. The molecule has 0 bridgehead atoms. The van der Waals surface area contributed by atoms with Gasteiger partial charge in [0.05, 0.1) is 9.80 Å². The van der Waals surface area contributed by atoms with Gasteiger partial charge in [-0.1, -0.05) is 106 Å². The lowest BCUT2D eigenvalue weighted by Crippen LogP contribution is -2.19. The van der Waals surface area contributed by atoms with Crippen molar-refractivity contribution in [2.75, 3.05) is 23.3 Å². The molecule has 52 heavy (non-hydrogen) atoms. The van der Waals surface area contributed by atoms with Gasteiger partial charge in [-0.2, -0.15) is 0 Å². The first-order valence-corrected chi connectivity index (χ1v) is 21.4. The van der Waals surface area contributed by atoms with Crippen LogP contribution in [0.1, 0.15) is 64.5 Å². The van der Waals surface area contributed by atoms with Gasteiger partial charge in [0.15, 0.2) is 0 Å². The minimum absolute atomic E-state index is 0.0858. The third-order valence-electron chi connectivity index (χ3n) is 10.8. The molecular weight excluding hydrogens is 792 g/mol. The first kappa shape index (κ1) is 36.7. The predicted octanol–water partition coefficient (Wildman–Crippen LogP) is 12.7. The fourth-order valence-corrected chi connectivity index (χ4v) is 11.1. The van der Waals surface area contributed by atoms with Crippen molar-refractivity contribution in [2.45, 2.75) is 70.1 Å². The molecule has 0 spiro atoms. The maximum absolute atomic E-state index is 14.5. The van der Waals surface area contributed by atoms with E-state index in [0.29, 0.717) is 16.2 Å². The number of fused-ring (bicyclic) bond motifs is 4. The van der Waals surface area contributed by atoms with Crippen LogP contribution >= 0.6 is 31.9 Å². The van der Waals surface area contributed by atoms with E-state index in [-0.39, 0.29) is 11.3 Å². The molecule has 1 atom stereocenters. The second kappa shape index (κ2) is 15.0. The van der Waals surface area contributed by atoms with Gasteiger partial charge in [0, 0.05) is 45.5 Å². The lowest BCUT2D eigenvalue weighted by atomic mass is 9.77. The molecule has 0 aromatic heterocycles. The van der Waals surface area contributed by atoms with Gasteiger partial charge >= 0.3 is 0 Å². The number of likely N-dealkylation sites (N-methyl/N-ethyl adjacent to an activating group) is 1. The van der Waals surface area contributed by atoms with E-state index in [4.69, 9.17) is 0 Å². The Labute approximate surface area is 325 Å². The molecular formula is C45H46Br2N2O2S. The Morgan fingerprint density at radius 3 is 2.29 bits per heavy atom. The molecule has 1 heterocycles. The number of allylic oxidation sites excluding steroid dienone is 6. The maximum atomic E-state index is 14.5. The summed E-state index contributed by atoms with van der Waals surface area (Å²) >= 11 is 7.27. The van der Waals surface area contributed by atoms with E-state index in [1.165, 1.54) is 44.1 Å². The number of hydrogen-bond acceptors (Lipinski definition) is 4. The second-order valence-electron chi connectivity index (χ2n) is 14.6. The van der Waals surface area contributed by atoms with Gasteiger partial charge in [-0.05, 0) is 138 Å². The first-order chi connectivity index (χ1) is 25.0. The van der Waals surface area contributed by atoms with Gasteiger partial charge in [0.2, 0.25) is 9.84 Å². The summed E-state index contributed by atoms with van der Waals surface area (Å²) < 4.78 is 31.1. The summed E-state index contributed by atoms with van der Waals surface area (Å²) in [6.07, 6.45) is 10.5. The number of halogens is 2. The predicted molar refractivity (Wildman–Crippen MR) is 227 cm³/mol. The normalized spacial score (nSPS) is 17.3. The highest BCUT2D eigenvalue weighted by Gasteiger charge is 2.35. The van der Waals surface area contributed by atoms with Crippen molar-refractivity contribution in [3.05, 3.63) is 145 Å². The van der Waals surface area contributed by atoms with E-state index in [0.717, 1.165) is 59.0 Å². The Balaban J connectivity index is 1.22. The van der Waals surface area contributed by atoms with Crippen LogP contribution in [0.4, 0.5) is 11.4 Å². The molecule has 0 amide bonds. The molecule has 1 aliphatic heterocycles. The monoisotopic (exact) mass is 836 g/mol. The molecule has 0 fully saturated rings.